The van der Waals surface area contributed by atoms with Crippen molar-refractivity contribution in [1.29, 1.82) is 0 Å². The van der Waals surface area contributed by atoms with Crippen LogP contribution in [-0.4, -0.2) is 48.9 Å². The van der Waals surface area contributed by atoms with Crippen LogP contribution in [0.4, 0.5) is 0 Å². The van der Waals surface area contributed by atoms with Crippen LogP contribution >= 0.6 is 0 Å². The molecule has 0 saturated heterocycles. The van der Waals surface area contributed by atoms with Crippen LogP contribution in [0.15, 0.2) is 30.5 Å². The fourth-order valence-corrected chi connectivity index (χ4v) is 2.74. The number of aromatic amines is 1. The van der Waals surface area contributed by atoms with Crippen molar-refractivity contribution in [3.05, 3.63) is 36.0 Å². The van der Waals surface area contributed by atoms with Crippen LogP contribution in [0.5, 0.6) is 0 Å². The van der Waals surface area contributed by atoms with Gasteiger partial charge in [0.05, 0.1) is 0 Å². The Morgan fingerprint density at radius 2 is 2.05 bits per heavy atom. The molecule has 2 rings (SSSR count). The topological polar surface area (TPSA) is 103 Å². The van der Waals surface area contributed by atoms with E-state index in [2.05, 4.69) is 9.71 Å². The van der Waals surface area contributed by atoms with Crippen molar-refractivity contribution in [3.8, 4) is 0 Å². The summed E-state index contributed by atoms with van der Waals surface area (Å²) < 4.78 is 26.7. The van der Waals surface area contributed by atoms with Crippen molar-refractivity contribution in [2.75, 3.05) is 14.1 Å². The van der Waals surface area contributed by atoms with Crippen LogP contribution < -0.4 is 4.72 Å². The maximum Gasteiger partial charge on any atom is 0.322 e. The third-order valence-electron chi connectivity index (χ3n) is 3.17. The predicted molar refractivity (Wildman–Crippen MR) is 79.2 cm³/mol. The van der Waals surface area contributed by atoms with E-state index in [1.807, 2.05) is 24.3 Å². The lowest BCUT2D eigenvalue weighted by atomic mass is 10.1. The molecular weight excluding hydrogens is 294 g/mol. The monoisotopic (exact) mass is 311 g/mol. The lowest BCUT2D eigenvalue weighted by Gasteiger charge is -2.17. The van der Waals surface area contributed by atoms with Gasteiger partial charge in [0.1, 0.15) is 6.04 Å². The van der Waals surface area contributed by atoms with Crippen molar-refractivity contribution < 1.29 is 18.3 Å². The summed E-state index contributed by atoms with van der Waals surface area (Å²) in [4.78, 5) is 14.3. The van der Waals surface area contributed by atoms with Gasteiger partial charge in [0.25, 0.3) is 10.2 Å². The first-order valence-electron chi connectivity index (χ1n) is 6.29. The highest BCUT2D eigenvalue weighted by Gasteiger charge is 2.26. The number of H-pyrrole nitrogens is 1. The molecule has 0 amide bonds. The van der Waals surface area contributed by atoms with Crippen LogP contribution in [-0.2, 0) is 21.4 Å². The summed E-state index contributed by atoms with van der Waals surface area (Å²) in [5, 5.41) is 10.1. The van der Waals surface area contributed by atoms with E-state index in [1.54, 1.807) is 6.20 Å². The number of carbonyl (C=O) groups is 1. The Balaban J connectivity index is 2.27. The summed E-state index contributed by atoms with van der Waals surface area (Å²) in [6.07, 6.45) is 1.76. The number of carboxylic acid groups (broad SMARTS) is 1. The molecule has 0 spiro atoms. The van der Waals surface area contributed by atoms with Gasteiger partial charge in [-0.2, -0.15) is 17.4 Å². The Hall–Kier alpha value is -1.90. The van der Waals surface area contributed by atoms with E-state index in [9.17, 15) is 18.3 Å². The Morgan fingerprint density at radius 3 is 2.67 bits per heavy atom. The highest BCUT2D eigenvalue weighted by atomic mass is 32.2. The first-order chi connectivity index (χ1) is 9.81. The quantitative estimate of drug-likeness (QED) is 0.725. The molecule has 2 aromatic rings. The maximum atomic E-state index is 11.8. The molecule has 0 saturated carbocycles. The van der Waals surface area contributed by atoms with Gasteiger partial charge in [-0.1, -0.05) is 18.2 Å². The molecule has 7 nitrogen and oxygen atoms in total. The van der Waals surface area contributed by atoms with Crippen LogP contribution in [0.2, 0.25) is 0 Å². The summed E-state index contributed by atoms with van der Waals surface area (Å²) >= 11 is 0. The van der Waals surface area contributed by atoms with E-state index in [1.165, 1.54) is 14.1 Å². The molecule has 1 atom stereocenters. The van der Waals surface area contributed by atoms with E-state index in [0.29, 0.717) is 0 Å². The average molecular weight is 311 g/mol. The number of rotatable bonds is 6. The molecule has 0 aliphatic carbocycles. The molecule has 0 bridgehead atoms. The van der Waals surface area contributed by atoms with Crippen molar-refractivity contribution in [3.63, 3.8) is 0 Å². The zero-order chi connectivity index (χ0) is 15.6. The van der Waals surface area contributed by atoms with E-state index >= 15 is 0 Å². The smallest absolute Gasteiger partial charge is 0.322 e. The Bertz CT molecular complexity index is 752. The molecule has 21 heavy (non-hydrogen) atoms. The van der Waals surface area contributed by atoms with Crippen LogP contribution in [0, 0.1) is 0 Å². The lowest BCUT2D eigenvalue weighted by molar-refractivity contribution is -0.138. The second-order valence-corrected chi connectivity index (χ2v) is 6.78. The second-order valence-electron chi connectivity index (χ2n) is 4.86. The molecule has 8 heteroatoms. The van der Waals surface area contributed by atoms with Crippen molar-refractivity contribution in [2.45, 2.75) is 12.5 Å². The zero-order valence-electron chi connectivity index (χ0n) is 11.7. The molecule has 1 unspecified atom stereocenters. The van der Waals surface area contributed by atoms with Gasteiger partial charge >= 0.3 is 5.97 Å². The summed E-state index contributed by atoms with van der Waals surface area (Å²) in [6.45, 7) is 0. The SMILES string of the molecule is CN(C)S(=O)(=O)NC(Cc1c[nH]c2ccccc12)C(=O)O. The molecule has 0 radical (unpaired) electrons. The third-order valence-corrected chi connectivity index (χ3v) is 4.71. The number of nitrogens with one attached hydrogen (secondary N) is 2. The van der Waals surface area contributed by atoms with Gasteiger partial charge < -0.3 is 10.1 Å². The molecule has 0 aliphatic rings. The van der Waals surface area contributed by atoms with Gasteiger partial charge in [0, 0.05) is 37.6 Å². The van der Waals surface area contributed by atoms with Crippen LogP contribution in [0.3, 0.4) is 0 Å². The lowest BCUT2D eigenvalue weighted by Crippen LogP contribution is -2.47. The van der Waals surface area contributed by atoms with E-state index in [-0.39, 0.29) is 6.42 Å². The van der Waals surface area contributed by atoms with Gasteiger partial charge in [-0.3, -0.25) is 4.79 Å². The van der Waals surface area contributed by atoms with E-state index in [4.69, 9.17) is 0 Å². The number of hydrogen-bond donors (Lipinski definition) is 3. The number of aliphatic carboxylic acids is 1. The van der Waals surface area contributed by atoms with E-state index < -0.39 is 22.2 Å². The molecule has 3 N–H and O–H groups in total. The minimum absolute atomic E-state index is 0.0619. The molecule has 114 valence electrons. The summed E-state index contributed by atoms with van der Waals surface area (Å²) in [5.74, 6) is -1.22. The molecule has 0 fully saturated rings. The number of aromatic nitrogens is 1. The zero-order valence-corrected chi connectivity index (χ0v) is 12.5. The second kappa shape index (κ2) is 5.84. The highest BCUT2D eigenvalue weighted by Crippen LogP contribution is 2.19. The standard InChI is InChI=1S/C13H17N3O4S/c1-16(2)21(19,20)15-12(13(17)18)7-9-8-14-11-6-4-3-5-10(9)11/h3-6,8,12,14-15H,7H2,1-2H3,(H,17,18). The molecule has 1 aromatic carbocycles. The normalized spacial score (nSPS) is 13.7. The van der Waals surface area contributed by atoms with Crippen molar-refractivity contribution in [2.24, 2.45) is 0 Å². The summed E-state index contributed by atoms with van der Waals surface area (Å²) in [7, 11) is -1.13. The average Bonchev–Trinajstić information content (AvgIpc) is 2.81. The fourth-order valence-electron chi connectivity index (χ4n) is 1.98. The molecule has 1 aromatic heterocycles. The molecule has 1 heterocycles. The molecule has 0 aliphatic heterocycles. The number of fused-ring (bicyclic) bond motifs is 1. The first kappa shape index (κ1) is 15.5. The maximum absolute atomic E-state index is 11.8. The Kier molecular flexibility index (Phi) is 4.31. The summed E-state index contributed by atoms with van der Waals surface area (Å²) in [6, 6.07) is 6.22. The van der Waals surface area contributed by atoms with Crippen molar-refractivity contribution >= 4 is 27.1 Å². The Labute approximate surface area is 122 Å². The van der Waals surface area contributed by atoms with Gasteiger partial charge in [0.15, 0.2) is 0 Å². The van der Waals surface area contributed by atoms with Crippen LogP contribution in [0.1, 0.15) is 5.56 Å². The fraction of sp³-hybridized carbons (Fsp3) is 0.308. The highest BCUT2D eigenvalue weighted by molar-refractivity contribution is 7.87. The first-order valence-corrected chi connectivity index (χ1v) is 7.73. The third kappa shape index (κ3) is 3.41. The van der Waals surface area contributed by atoms with Gasteiger partial charge in [-0.25, -0.2) is 0 Å². The van der Waals surface area contributed by atoms with Crippen molar-refractivity contribution in [1.82, 2.24) is 14.0 Å². The minimum atomic E-state index is -3.81. The number of nitrogens with zero attached hydrogens (tertiary/aromatic N) is 1. The minimum Gasteiger partial charge on any atom is -0.480 e. The van der Waals surface area contributed by atoms with Gasteiger partial charge in [-0.05, 0) is 11.6 Å². The van der Waals surface area contributed by atoms with Crippen LogP contribution in [0.25, 0.3) is 10.9 Å². The van der Waals surface area contributed by atoms with Gasteiger partial charge in [-0.15, -0.1) is 0 Å². The number of benzene rings is 1. The summed E-state index contributed by atoms with van der Waals surface area (Å²) in [5.41, 5.74) is 1.63. The predicted octanol–water partition coefficient (Wildman–Crippen LogP) is 0.560. The van der Waals surface area contributed by atoms with E-state index in [0.717, 1.165) is 20.8 Å². The Morgan fingerprint density at radius 1 is 1.38 bits per heavy atom. The number of carboxylic acids is 1. The molecular formula is C13H17N3O4S. The number of hydrogen-bond acceptors (Lipinski definition) is 3. The largest absolute Gasteiger partial charge is 0.480 e. The van der Waals surface area contributed by atoms with Gasteiger partial charge in [0.2, 0.25) is 0 Å². The number of para-hydroxylation sites is 1.